The Labute approximate surface area is 128 Å². The molecular formula is C16H16N2O2S. The van der Waals surface area contributed by atoms with Crippen LogP contribution in [0.5, 0.6) is 0 Å². The van der Waals surface area contributed by atoms with E-state index < -0.39 is 0 Å². The lowest BCUT2D eigenvalue weighted by atomic mass is 10.1. The van der Waals surface area contributed by atoms with Gasteiger partial charge in [0.1, 0.15) is 0 Å². The van der Waals surface area contributed by atoms with Crippen LogP contribution in [-0.2, 0) is 28.9 Å². The summed E-state index contributed by atoms with van der Waals surface area (Å²) < 4.78 is 4.65. The minimum atomic E-state index is -0.218. The van der Waals surface area contributed by atoms with E-state index in [4.69, 9.17) is 5.26 Å². The van der Waals surface area contributed by atoms with Crippen molar-refractivity contribution in [1.82, 2.24) is 0 Å². The van der Waals surface area contributed by atoms with E-state index in [9.17, 15) is 4.79 Å². The predicted molar refractivity (Wildman–Crippen MR) is 83.1 cm³/mol. The molecule has 1 aromatic heterocycles. The smallest absolute Gasteiger partial charge is 0.310 e. The summed E-state index contributed by atoms with van der Waals surface area (Å²) in [7, 11) is 1.40. The third-order valence-electron chi connectivity index (χ3n) is 2.97. The van der Waals surface area contributed by atoms with Crippen molar-refractivity contribution in [3.63, 3.8) is 0 Å². The molecule has 2 aromatic rings. The Balaban J connectivity index is 1.88. The second-order valence-electron chi connectivity index (χ2n) is 4.51. The highest BCUT2D eigenvalue weighted by atomic mass is 32.1. The topological polar surface area (TPSA) is 62.1 Å². The molecule has 0 unspecified atom stereocenters. The fourth-order valence-electron chi connectivity index (χ4n) is 1.85. The van der Waals surface area contributed by atoms with E-state index in [2.05, 4.69) is 16.1 Å². The van der Waals surface area contributed by atoms with Gasteiger partial charge in [-0.25, -0.2) is 0 Å². The van der Waals surface area contributed by atoms with Gasteiger partial charge in [0.05, 0.1) is 26.0 Å². The predicted octanol–water partition coefficient (Wildman–Crippen LogP) is 3.14. The number of benzene rings is 1. The number of rotatable bonds is 6. The summed E-state index contributed by atoms with van der Waals surface area (Å²) in [5.41, 5.74) is 2.03. The molecule has 0 amide bonds. The van der Waals surface area contributed by atoms with Crippen LogP contribution >= 0.6 is 11.3 Å². The molecule has 2 rings (SSSR count). The Morgan fingerprint density at radius 2 is 1.95 bits per heavy atom. The molecule has 1 N–H and O–H groups in total. The number of hydrogen-bond donors (Lipinski definition) is 1. The molecule has 0 atom stereocenters. The number of nitriles is 1. The molecule has 0 fully saturated rings. The van der Waals surface area contributed by atoms with Crippen LogP contribution in [0.4, 0.5) is 5.69 Å². The second-order valence-corrected chi connectivity index (χ2v) is 5.76. The molecule has 0 saturated heterocycles. The van der Waals surface area contributed by atoms with Gasteiger partial charge in [-0.05, 0) is 29.8 Å². The first-order chi connectivity index (χ1) is 10.2. The molecule has 0 radical (unpaired) electrons. The van der Waals surface area contributed by atoms with Gasteiger partial charge >= 0.3 is 5.97 Å². The first-order valence-corrected chi connectivity index (χ1v) is 7.37. The number of nitrogens with one attached hydrogen (secondary N) is 1. The largest absolute Gasteiger partial charge is 0.469 e. The molecule has 21 heavy (non-hydrogen) atoms. The summed E-state index contributed by atoms with van der Waals surface area (Å²) in [5.74, 6) is -0.218. The summed E-state index contributed by atoms with van der Waals surface area (Å²) in [6, 6.07) is 13.9. The van der Waals surface area contributed by atoms with Crippen LogP contribution < -0.4 is 5.32 Å². The first kappa shape index (κ1) is 15.1. The van der Waals surface area contributed by atoms with E-state index in [1.54, 1.807) is 11.3 Å². The fraction of sp³-hybridized carbons (Fsp3) is 0.250. The number of thiophene rings is 1. The molecule has 5 heteroatoms. The molecule has 0 spiro atoms. The lowest BCUT2D eigenvalue weighted by Crippen LogP contribution is -2.02. The third-order valence-corrected chi connectivity index (χ3v) is 4.05. The maximum atomic E-state index is 11.2. The zero-order chi connectivity index (χ0) is 15.1. The van der Waals surface area contributed by atoms with Crippen molar-refractivity contribution in [3.8, 4) is 6.07 Å². The van der Waals surface area contributed by atoms with Gasteiger partial charge in [0.15, 0.2) is 0 Å². The number of anilines is 1. The van der Waals surface area contributed by atoms with Crippen molar-refractivity contribution in [2.75, 3.05) is 12.4 Å². The Morgan fingerprint density at radius 3 is 2.62 bits per heavy atom. The summed E-state index contributed by atoms with van der Waals surface area (Å²) >= 11 is 1.60. The maximum absolute atomic E-state index is 11.2. The van der Waals surface area contributed by atoms with Gasteiger partial charge in [-0.1, -0.05) is 12.1 Å². The molecule has 0 aliphatic carbocycles. The molecular weight excluding hydrogens is 284 g/mol. The van der Waals surface area contributed by atoms with E-state index >= 15 is 0 Å². The monoisotopic (exact) mass is 300 g/mol. The SMILES string of the molecule is COC(=O)Cc1ccc(CNc2ccc(CC#N)cc2)s1. The highest BCUT2D eigenvalue weighted by molar-refractivity contribution is 7.12. The van der Waals surface area contributed by atoms with Crippen LogP contribution in [0.2, 0.25) is 0 Å². The molecule has 1 heterocycles. The lowest BCUT2D eigenvalue weighted by molar-refractivity contribution is -0.139. The van der Waals surface area contributed by atoms with E-state index in [1.807, 2.05) is 36.4 Å². The lowest BCUT2D eigenvalue weighted by Gasteiger charge is -2.05. The number of carbonyl (C=O) groups is 1. The van der Waals surface area contributed by atoms with Crippen LogP contribution in [0, 0.1) is 11.3 Å². The van der Waals surface area contributed by atoms with Gasteiger partial charge in [-0.15, -0.1) is 11.3 Å². The number of methoxy groups -OCH3 is 1. The van der Waals surface area contributed by atoms with Crippen LogP contribution in [0.25, 0.3) is 0 Å². The first-order valence-electron chi connectivity index (χ1n) is 6.55. The van der Waals surface area contributed by atoms with Gasteiger partial charge in [0.2, 0.25) is 0 Å². The normalized spacial score (nSPS) is 9.90. The van der Waals surface area contributed by atoms with Crippen molar-refractivity contribution < 1.29 is 9.53 Å². The Bertz CT molecular complexity index is 641. The van der Waals surface area contributed by atoms with E-state index in [1.165, 1.54) is 7.11 Å². The molecule has 0 aliphatic rings. The van der Waals surface area contributed by atoms with E-state index in [0.29, 0.717) is 19.4 Å². The van der Waals surface area contributed by atoms with Gasteiger partial charge in [-0.2, -0.15) is 5.26 Å². The van der Waals surface area contributed by atoms with Crippen molar-refractivity contribution in [2.24, 2.45) is 0 Å². The minimum absolute atomic E-state index is 0.218. The highest BCUT2D eigenvalue weighted by Crippen LogP contribution is 2.19. The Kier molecular flexibility index (Phi) is 5.35. The van der Waals surface area contributed by atoms with Gasteiger partial charge in [-0.3, -0.25) is 4.79 Å². The number of ether oxygens (including phenoxy) is 1. The van der Waals surface area contributed by atoms with Gasteiger partial charge in [0.25, 0.3) is 0 Å². The number of esters is 1. The minimum Gasteiger partial charge on any atom is -0.469 e. The standard InChI is InChI=1S/C16H16N2O2S/c1-20-16(19)10-14-6-7-15(21-14)11-18-13-4-2-12(3-5-13)8-9-17/h2-7,18H,8,10-11H2,1H3. The highest BCUT2D eigenvalue weighted by Gasteiger charge is 2.06. The van der Waals surface area contributed by atoms with Gasteiger partial charge < -0.3 is 10.1 Å². The summed E-state index contributed by atoms with van der Waals surface area (Å²) in [6.45, 7) is 0.712. The molecule has 0 saturated carbocycles. The summed E-state index contributed by atoms with van der Waals surface area (Å²) in [5, 5.41) is 11.9. The second kappa shape index (κ2) is 7.46. The summed E-state index contributed by atoms with van der Waals surface area (Å²) in [6.07, 6.45) is 0.756. The van der Waals surface area contributed by atoms with Crippen molar-refractivity contribution >= 4 is 23.0 Å². The maximum Gasteiger partial charge on any atom is 0.310 e. The molecule has 1 aromatic carbocycles. The average molecular weight is 300 g/mol. The van der Waals surface area contributed by atoms with E-state index in [0.717, 1.165) is 21.0 Å². The number of hydrogen-bond acceptors (Lipinski definition) is 5. The molecule has 0 bridgehead atoms. The van der Waals surface area contributed by atoms with Crippen LogP contribution in [0.3, 0.4) is 0 Å². The number of nitrogens with zero attached hydrogens (tertiary/aromatic N) is 1. The Morgan fingerprint density at radius 1 is 1.24 bits per heavy atom. The molecule has 108 valence electrons. The van der Waals surface area contributed by atoms with Crippen molar-refractivity contribution in [3.05, 3.63) is 51.7 Å². The van der Waals surface area contributed by atoms with Crippen LogP contribution in [-0.4, -0.2) is 13.1 Å². The van der Waals surface area contributed by atoms with Crippen molar-refractivity contribution in [1.29, 1.82) is 5.26 Å². The van der Waals surface area contributed by atoms with Crippen molar-refractivity contribution in [2.45, 2.75) is 19.4 Å². The van der Waals surface area contributed by atoms with Gasteiger partial charge in [0, 0.05) is 22.0 Å². The average Bonchev–Trinajstić information content (AvgIpc) is 2.94. The third kappa shape index (κ3) is 4.62. The van der Waals surface area contributed by atoms with Crippen LogP contribution in [0.15, 0.2) is 36.4 Å². The molecule has 0 aliphatic heterocycles. The number of carbonyl (C=O) groups excluding carboxylic acids is 1. The summed E-state index contributed by atoms with van der Waals surface area (Å²) in [4.78, 5) is 13.4. The quantitative estimate of drug-likeness (QED) is 0.833. The van der Waals surface area contributed by atoms with E-state index in [-0.39, 0.29) is 5.97 Å². The molecule has 4 nitrogen and oxygen atoms in total. The zero-order valence-electron chi connectivity index (χ0n) is 11.8. The fourth-order valence-corrected chi connectivity index (χ4v) is 2.79. The Hall–Kier alpha value is -2.32. The van der Waals surface area contributed by atoms with Crippen LogP contribution in [0.1, 0.15) is 15.3 Å². The zero-order valence-corrected chi connectivity index (χ0v) is 12.6.